The highest BCUT2D eigenvalue weighted by Crippen LogP contribution is 2.14. The summed E-state index contributed by atoms with van der Waals surface area (Å²) >= 11 is 0. The van der Waals surface area contributed by atoms with E-state index >= 15 is 0 Å². The van der Waals surface area contributed by atoms with Crippen LogP contribution in [-0.2, 0) is 6.54 Å². The summed E-state index contributed by atoms with van der Waals surface area (Å²) in [6.45, 7) is 5.07. The van der Waals surface area contributed by atoms with Crippen molar-refractivity contribution in [3.63, 3.8) is 0 Å². The first kappa shape index (κ1) is 9.03. The average Bonchev–Trinajstić information content (AvgIpc) is 2.07. The predicted molar refractivity (Wildman–Crippen MR) is 46.6 cm³/mol. The van der Waals surface area contributed by atoms with E-state index in [4.69, 9.17) is 5.73 Å². The molecule has 3 nitrogen and oxygen atoms in total. The van der Waals surface area contributed by atoms with Crippen LogP contribution in [0.1, 0.15) is 19.5 Å². The van der Waals surface area contributed by atoms with Crippen LogP contribution in [0.25, 0.3) is 0 Å². The molecule has 0 saturated carbocycles. The number of nitrogens with two attached hydrogens (primary N) is 1. The molecule has 0 spiro atoms. The molecule has 0 unspecified atom stereocenters. The van der Waals surface area contributed by atoms with E-state index < -0.39 is 5.67 Å². The van der Waals surface area contributed by atoms with Crippen molar-refractivity contribution in [3.8, 4) is 0 Å². The highest BCUT2D eigenvalue weighted by Gasteiger charge is 2.17. The molecule has 0 aromatic carbocycles. The lowest BCUT2D eigenvalue weighted by Gasteiger charge is -2.13. The molecule has 4 heteroatoms. The van der Waals surface area contributed by atoms with E-state index in [1.807, 2.05) is 0 Å². The van der Waals surface area contributed by atoms with Gasteiger partial charge in [0.2, 0.25) is 0 Å². The zero-order chi connectivity index (χ0) is 9.35. The van der Waals surface area contributed by atoms with Crippen molar-refractivity contribution in [2.75, 3.05) is 5.73 Å². The van der Waals surface area contributed by atoms with Gasteiger partial charge in [0.25, 0.3) is 0 Å². The lowest BCUT2D eigenvalue weighted by Crippen LogP contribution is -2.21. The van der Waals surface area contributed by atoms with Crippen molar-refractivity contribution in [1.82, 2.24) is 9.78 Å². The summed E-state index contributed by atoms with van der Waals surface area (Å²) < 4.78 is 14.6. The minimum Gasteiger partial charge on any atom is -0.396 e. The first-order valence-corrected chi connectivity index (χ1v) is 3.87. The summed E-state index contributed by atoms with van der Waals surface area (Å²) in [6.07, 6.45) is 1.65. The van der Waals surface area contributed by atoms with Crippen molar-refractivity contribution >= 4 is 5.69 Å². The summed E-state index contributed by atoms with van der Waals surface area (Å²) in [5.74, 6) is 0. The smallest absolute Gasteiger partial charge is 0.124 e. The van der Waals surface area contributed by atoms with Gasteiger partial charge in [-0.25, -0.2) is 4.39 Å². The quantitative estimate of drug-likeness (QED) is 0.733. The van der Waals surface area contributed by atoms with Gasteiger partial charge in [0, 0.05) is 6.20 Å². The largest absolute Gasteiger partial charge is 0.396 e. The molecular formula is C8H14FN3. The third kappa shape index (κ3) is 2.22. The Morgan fingerprint density at radius 2 is 2.25 bits per heavy atom. The van der Waals surface area contributed by atoms with E-state index in [-0.39, 0.29) is 6.54 Å². The molecule has 0 aliphatic rings. The highest BCUT2D eigenvalue weighted by atomic mass is 19.1. The number of alkyl halides is 1. The highest BCUT2D eigenvalue weighted by molar-refractivity contribution is 5.39. The number of nitrogens with zero attached hydrogens (tertiary/aromatic N) is 2. The fraction of sp³-hybridized carbons (Fsp3) is 0.625. The van der Waals surface area contributed by atoms with Crippen LogP contribution in [0.5, 0.6) is 0 Å². The fourth-order valence-electron chi connectivity index (χ4n) is 0.999. The number of aryl methyl sites for hydroxylation is 1. The van der Waals surface area contributed by atoms with Gasteiger partial charge in [-0.1, -0.05) is 0 Å². The molecule has 0 saturated heterocycles. The molecule has 12 heavy (non-hydrogen) atoms. The van der Waals surface area contributed by atoms with Crippen LogP contribution in [0.4, 0.5) is 10.1 Å². The summed E-state index contributed by atoms with van der Waals surface area (Å²) in [4.78, 5) is 0. The lowest BCUT2D eigenvalue weighted by atomic mass is 10.2. The molecule has 1 heterocycles. The number of hydrogen-bond acceptors (Lipinski definition) is 2. The van der Waals surface area contributed by atoms with Crippen LogP contribution in [0, 0.1) is 6.92 Å². The monoisotopic (exact) mass is 171 g/mol. The Bertz CT molecular complexity index is 253. The van der Waals surface area contributed by atoms with Gasteiger partial charge in [-0.3, -0.25) is 4.68 Å². The maximum Gasteiger partial charge on any atom is 0.124 e. The standard InChI is InChI=1S/C8H14FN3/c1-6-7(10)4-12(11-6)5-8(2,3)9/h4H,5,10H2,1-3H3. The van der Waals surface area contributed by atoms with Crippen molar-refractivity contribution in [1.29, 1.82) is 0 Å². The van der Waals surface area contributed by atoms with Gasteiger partial charge < -0.3 is 5.73 Å². The van der Waals surface area contributed by atoms with Crippen LogP contribution in [-0.4, -0.2) is 15.4 Å². The zero-order valence-corrected chi connectivity index (χ0v) is 7.63. The SMILES string of the molecule is Cc1nn(CC(C)(C)F)cc1N. The van der Waals surface area contributed by atoms with Gasteiger partial charge in [-0.15, -0.1) is 0 Å². The average molecular weight is 171 g/mol. The zero-order valence-electron chi connectivity index (χ0n) is 7.63. The van der Waals surface area contributed by atoms with Crippen molar-refractivity contribution in [2.45, 2.75) is 33.0 Å². The molecule has 1 rings (SSSR count). The molecule has 2 N–H and O–H groups in total. The molecule has 1 aromatic rings. The van der Waals surface area contributed by atoms with Crippen molar-refractivity contribution in [2.24, 2.45) is 0 Å². The number of halogens is 1. The second-order valence-corrected chi connectivity index (χ2v) is 3.59. The van der Waals surface area contributed by atoms with Gasteiger partial charge in [-0.2, -0.15) is 5.10 Å². The van der Waals surface area contributed by atoms with Crippen LogP contribution in [0.15, 0.2) is 6.20 Å². The molecule has 0 amide bonds. The van der Waals surface area contributed by atoms with Gasteiger partial charge in [0.1, 0.15) is 5.67 Å². The Hall–Kier alpha value is -1.06. The minimum absolute atomic E-state index is 0.241. The molecule has 68 valence electrons. The van der Waals surface area contributed by atoms with Crippen LogP contribution < -0.4 is 5.73 Å². The number of nitrogen functional groups attached to an aromatic ring is 1. The lowest BCUT2D eigenvalue weighted by molar-refractivity contribution is 0.179. The third-order valence-electron chi connectivity index (χ3n) is 1.52. The third-order valence-corrected chi connectivity index (χ3v) is 1.52. The summed E-state index contributed by atoms with van der Waals surface area (Å²) in [7, 11) is 0. The van der Waals surface area contributed by atoms with E-state index in [1.54, 1.807) is 13.1 Å². The maximum atomic E-state index is 13.1. The van der Waals surface area contributed by atoms with Crippen LogP contribution in [0.3, 0.4) is 0 Å². The minimum atomic E-state index is -1.25. The Morgan fingerprint density at radius 1 is 1.67 bits per heavy atom. The van der Waals surface area contributed by atoms with E-state index in [2.05, 4.69) is 5.10 Å². The molecule has 0 fully saturated rings. The fourth-order valence-corrected chi connectivity index (χ4v) is 0.999. The van der Waals surface area contributed by atoms with E-state index in [0.29, 0.717) is 5.69 Å². The second kappa shape index (κ2) is 2.77. The normalized spacial score (nSPS) is 12.0. The van der Waals surface area contributed by atoms with E-state index in [9.17, 15) is 4.39 Å². The van der Waals surface area contributed by atoms with Gasteiger partial charge in [0.15, 0.2) is 0 Å². The Kier molecular flexibility index (Phi) is 2.08. The van der Waals surface area contributed by atoms with Crippen LogP contribution in [0.2, 0.25) is 0 Å². The predicted octanol–water partition coefficient (Wildman–Crippen LogP) is 1.52. The Balaban J connectivity index is 2.77. The van der Waals surface area contributed by atoms with E-state index in [1.165, 1.54) is 18.5 Å². The van der Waals surface area contributed by atoms with Gasteiger partial charge in [0.05, 0.1) is 17.9 Å². The topological polar surface area (TPSA) is 43.8 Å². The van der Waals surface area contributed by atoms with Crippen molar-refractivity contribution < 1.29 is 4.39 Å². The molecule has 0 aliphatic heterocycles. The Morgan fingerprint density at radius 3 is 2.58 bits per heavy atom. The Labute approximate surface area is 71.4 Å². The summed E-state index contributed by atoms with van der Waals surface area (Å²) in [6, 6.07) is 0. The maximum absolute atomic E-state index is 13.1. The number of rotatable bonds is 2. The number of anilines is 1. The molecule has 0 atom stereocenters. The number of hydrogen-bond donors (Lipinski definition) is 1. The van der Waals surface area contributed by atoms with Crippen molar-refractivity contribution in [3.05, 3.63) is 11.9 Å². The molecular weight excluding hydrogens is 157 g/mol. The second-order valence-electron chi connectivity index (χ2n) is 3.59. The summed E-state index contributed by atoms with van der Waals surface area (Å²) in [5, 5.41) is 4.05. The molecule has 1 aromatic heterocycles. The van der Waals surface area contributed by atoms with Gasteiger partial charge >= 0.3 is 0 Å². The number of aromatic nitrogens is 2. The molecule has 0 radical (unpaired) electrons. The first-order valence-electron chi connectivity index (χ1n) is 3.87. The van der Waals surface area contributed by atoms with Crippen LogP contribution >= 0.6 is 0 Å². The van der Waals surface area contributed by atoms with Gasteiger partial charge in [-0.05, 0) is 20.8 Å². The molecule has 0 bridgehead atoms. The first-order chi connectivity index (χ1) is 5.38. The molecule has 0 aliphatic carbocycles. The van der Waals surface area contributed by atoms with E-state index in [0.717, 1.165) is 5.69 Å². The summed E-state index contributed by atoms with van der Waals surface area (Å²) in [5.41, 5.74) is 5.67.